The molecule has 0 atom stereocenters. The number of aromatic nitrogens is 2. The quantitative estimate of drug-likeness (QED) is 0.418. The van der Waals surface area contributed by atoms with Gasteiger partial charge in [0, 0.05) is 49.4 Å². The van der Waals surface area contributed by atoms with E-state index < -0.39 is 0 Å². The zero-order chi connectivity index (χ0) is 23.9. The van der Waals surface area contributed by atoms with Gasteiger partial charge in [-0.25, -0.2) is 0 Å². The number of carbonyl (C=O) groups excluding carboxylic acids is 2. The molecule has 3 aromatic rings. The minimum absolute atomic E-state index is 0.150. The molecular weight excluding hydrogens is 426 g/mol. The van der Waals surface area contributed by atoms with E-state index in [4.69, 9.17) is 4.74 Å². The van der Waals surface area contributed by atoms with Crippen molar-refractivity contribution in [2.24, 2.45) is 5.92 Å². The third-order valence-electron chi connectivity index (χ3n) is 6.01. The number of nitrogens with zero attached hydrogens (tertiary/aromatic N) is 3. The fourth-order valence-corrected chi connectivity index (χ4v) is 4.12. The highest BCUT2D eigenvalue weighted by molar-refractivity contribution is 5.81. The number of hydrogen-bond donors (Lipinski definition) is 0. The van der Waals surface area contributed by atoms with Crippen LogP contribution in [0.1, 0.15) is 42.0 Å². The lowest BCUT2D eigenvalue weighted by atomic mass is 9.97. The van der Waals surface area contributed by atoms with E-state index in [0.717, 1.165) is 52.6 Å². The van der Waals surface area contributed by atoms with E-state index >= 15 is 0 Å². The zero-order valence-corrected chi connectivity index (χ0v) is 19.9. The van der Waals surface area contributed by atoms with Crippen molar-refractivity contribution in [3.8, 4) is 11.1 Å². The third kappa shape index (κ3) is 6.28. The number of benzene rings is 1. The number of pyridine rings is 2. The SMILES string of the molecule is CCOC(=O)Cc1cncc(-c2ccc(C)cc2CN(CCc2cccnc2)C(=O)C2CC2)c1. The molecule has 0 bridgehead atoms. The second-order valence-electron chi connectivity index (χ2n) is 8.87. The number of amides is 1. The highest BCUT2D eigenvalue weighted by Gasteiger charge is 2.33. The van der Waals surface area contributed by atoms with Crippen molar-refractivity contribution in [2.45, 2.75) is 46.1 Å². The number of esters is 1. The van der Waals surface area contributed by atoms with Crippen LogP contribution < -0.4 is 0 Å². The van der Waals surface area contributed by atoms with E-state index in [1.165, 1.54) is 0 Å². The number of carbonyl (C=O) groups is 2. The molecule has 0 spiro atoms. The summed E-state index contributed by atoms with van der Waals surface area (Å²) in [6, 6.07) is 12.3. The van der Waals surface area contributed by atoms with E-state index in [2.05, 4.69) is 35.1 Å². The minimum Gasteiger partial charge on any atom is -0.466 e. The van der Waals surface area contributed by atoms with Crippen LogP contribution in [0.3, 0.4) is 0 Å². The molecule has 1 fully saturated rings. The van der Waals surface area contributed by atoms with Crippen LogP contribution in [0.5, 0.6) is 0 Å². The predicted octanol–water partition coefficient (Wildman–Crippen LogP) is 4.54. The van der Waals surface area contributed by atoms with Gasteiger partial charge in [-0.05, 0) is 67.5 Å². The highest BCUT2D eigenvalue weighted by Crippen LogP contribution is 2.33. The normalized spacial score (nSPS) is 12.9. The van der Waals surface area contributed by atoms with Crippen LogP contribution in [0, 0.1) is 12.8 Å². The molecule has 0 aliphatic heterocycles. The van der Waals surface area contributed by atoms with Gasteiger partial charge in [0.25, 0.3) is 0 Å². The molecule has 1 saturated carbocycles. The van der Waals surface area contributed by atoms with Gasteiger partial charge in [-0.1, -0.05) is 29.8 Å². The minimum atomic E-state index is -0.262. The first-order chi connectivity index (χ1) is 16.5. The van der Waals surface area contributed by atoms with Gasteiger partial charge >= 0.3 is 5.97 Å². The van der Waals surface area contributed by atoms with Crippen molar-refractivity contribution in [3.63, 3.8) is 0 Å². The first-order valence-corrected chi connectivity index (χ1v) is 11.9. The molecule has 0 radical (unpaired) electrons. The van der Waals surface area contributed by atoms with E-state index in [0.29, 0.717) is 19.7 Å². The maximum atomic E-state index is 13.1. The summed E-state index contributed by atoms with van der Waals surface area (Å²) in [5, 5.41) is 0. The van der Waals surface area contributed by atoms with E-state index in [1.807, 2.05) is 35.5 Å². The van der Waals surface area contributed by atoms with Crippen molar-refractivity contribution in [3.05, 3.63) is 83.4 Å². The van der Waals surface area contributed by atoms with Crippen LogP contribution in [-0.4, -0.2) is 39.9 Å². The fourth-order valence-electron chi connectivity index (χ4n) is 4.12. The summed E-state index contributed by atoms with van der Waals surface area (Å²) in [6.07, 6.45) is 10.0. The van der Waals surface area contributed by atoms with Crippen LogP contribution in [0.15, 0.2) is 61.2 Å². The Hall–Kier alpha value is -3.54. The Morgan fingerprint density at radius 1 is 1.06 bits per heavy atom. The highest BCUT2D eigenvalue weighted by atomic mass is 16.5. The average Bonchev–Trinajstić information content (AvgIpc) is 3.68. The molecule has 6 heteroatoms. The van der Waals surface area contributed by atoms with Gasteiger partial charge in [-0.3, -0.25) is 19.6 Å². The summed E-state index contributed by atoms with van der Waals surface area (Å²) >= 11 is 0. The molecule has 1 amide bonds. The summed E-state index contributed by atoms with van der Waals surface area (Å²) < 4.78 is 5.09. The molecule has 0 N–H and O–H groups in total. The molecule has 176 valence electrons. The van der Waals surface area contributed by atoms with Crippen LogP contribution >= 0.6 is 0 Å². The molecule has 2 aromatic heterocycles. The Balaban J connectivity index is 1.58. The number of hydrogen-bond acceptors (Lipinski definition) is 5. The first kappa shape index (κ1) is 23.6. The first-order valence-electron chi connectivity index (χ1n) is 11.9. The van der Waals surface area contributed by atoms with Gasteiger partial charge in [0.15, 0.2) is 0 Å². The molecule has 0 saturated heterocycles. The van der Waals surface area contributed by atoms with Gasteiger partial charge in [-0.2, -0.15) is 0 Å². The molecule has 4 rings (SSSR count). The van der Waals surface area contributed by atoms with Crippen LogP contribution in [0.2, 0.25) is 0 Å². The van der Waals surface area contributed by atoms with Crippen LogP contribution in [0.25, 0.3) is 11.1 Å². The number of rotatable bonds is 10. The second-order valence-corrected chi connectivity index (χ2v) is 8.87. The van der Waals surface area contributed by atoms with Crippen LogP contribution in [-0.2, 0) is 33.7 Å². The lowest BCUT2D eigenvalue weighted by Gasteiger charge is -2.25. The maximum Gasteiger partial charge on any atom is 0.310 e. The summed E-state index contributed by atoms with van der Waals surface area (Å²) in [6.45, 7) is 5.40. The van der Waals surface area contributed by atoms with Crippen molar-refractivity contribution in [1.82, 2.24) is 14.9 Å². The van der Waals surface area contributed by atoms with Gasteiger partial charge < -0.3 is 9.64 Å². The lowest BCUT2D eigenvalue weighted by molar-refractivity contribution is -0.142. The van der Waals surface area contributed by atoms with Gasteiger partial charge in [0.2, 0.25) is 5.91 Å². The monoisotopic (exact) mass is 457 g/mol. The van der Waals surface area contributed by atoms with Gasteiger partial charge in [-0.15, -0.1) is 0 Å². The third-order valence-corrected chi connectivity index (χ3v) is 6.01. The average molecular weight is 458 g/mol. The van der Waals surface area contributed by atoms with Crippen molar-refractivity contribution >= 4 is 11.9 Å². The molecule has 34 heavy (non-hydrogen) atoms. The van der Waals surface area contributed by atoms with Crippen molar-refractivity contribution < 1.29 is 14.3 Å². The summed E-state index contributed by atoms with van der Waals surface area (Å²) in [4.78, 5) is 35.7. The van der Waals surface area contributed by atoms with Crippen molar-refractivity contribution in [2.75, 3.05) is 13.2 Å². The summed E-state index contributed by atoms with van der Waals surface area (Å²) in [5.74, 6) is 0.115. The Morgan fingerprint density at radius 3 is 2.62 bits per heavy atom. The van der Waals surface area contributed by atoms with Gasteiger partial charge in [0.1, 0.15) is 0 Å². The largest absolute Gasteiger partial charge is 0.466 e. The fraction of sp³-hybridized carbons (Fsp3) is 0.357. The summed E-state index contributed by atoms with van der Waals surface area (Å²) in [7, 11) is 0. The Kier molecular flexibility index (Phi) is 7.68. The smallest absolute Gasteiger partial charge is 0.310 e. The zero-order valence-electron chi connectivity index (χ0n) is 19.9. The Labute approximate surface area is 201 Å². The Morgan fingerprint density at radius 2 is 1.88 bits per heavy atom. The van der Waals surface area contributed by atoms with Crippen LogP contribution in [0.4, 0.5) is 0 Å². The lowest BCUT2D eigenvalue weighted by Crippen LogP contribution is -2.33. The predicted molar refractivity (Wildman–Crippen MR) is 131 cm³/mol. The molecule has 1 aliphatic carbocycles. The van der Waals surface area contributed by atoms with Crippen molar-refractivity contribution in [1.29, 1.82) is 0 Å². The Bertz CT molecular complexity index is 1140. The molecular formula is C28H31N3O3. The standard InChI is InChI=1S/C28H31N3O3/c1-3-34-27(32)15-22-14-24(18-30-17-22)26-9-6-20(2)13-25(26)19-31(28(33)23-7-8-23)12-10-21-5-4-11-29-16-21/h4-6,9,11,13-14,16-18,23H,3,7-8,10,12,15,19H2,1-2H3. The maximum absolute atomic E-state index is 13.1. The molecule has 1 aliphatic rings. The van der Waals surface area contributed by atoms with Gasteiger partial charge in [0.05, 0.1) is 13.0 Å². The summed E-state index contributed by atoms with van der Waals surface area (Å²) in [5.41, 5.74) is 6.11. The molecule has 6 nitrogen and oxygen atoms in total. The number of ether oxygens (including phenoxy) is 1. The van der Waals surface area contributed by atoms with E-state index in [1.54, 1.807) is 19.3 Å². The molecule has 1 aromatic carbocycles. The second kappa shape index (κ2) is 11.1. The van der Waals surface area contributed by atoms with E-state index in [-0.39, 0.29) is 24.2 Å². The number of aryl methyl sites for hydroxylation is 1. The molecule has 0 unspecified atom stereocenters. The topological polar surface area (TPSA) is 72.4 Å². The molecule has 2 heterocycles. The van der Waals surface area contributed by atoms with E-state index in [9.17, 15) is 9.59 Å².